The number of aliphatic hydroxyl groups excluding tert-OH is 1. The lowest BCUT2D eigenvalue weighted by Crippen LogP contribution is -2.42. The van der Waals surface area contributed by atoms with Crippen LogP contribution in [-0.2, 0) is 6.61 Å². The van der Waals surface area contributed by atoms with Gasteiger partial charge in [-0.25, -0.2) is 4.39 Å². The largest absolute Gasteiger partial charge is 0.392 e. The lowest BCUT2D eigenvalue weighted by atomic mass is 10.0. The predicted molar refractivity (Wildman–Crippen MR) is 71.2 cm³/mol. The molecule has 1 saturated heterocycles. The van der Waals surface area contributed by atoms with Crippen LogP contribution >= 0.6 is 0 Å². The van der Waals surface area contributed by atoms with Crippen molar-refractivity contribution >= 4 is 5.69 Å². The van der Waals surface area contributed by atoms with Gasteiger partial charge in [-0.1, -0.05) is 0 Å². The Balaban J connectivity index is 2.15. The van der Waals surface area contributed by atoms with Gasteiger partial charge in [0, 0.05) is 24.3 Å². The Labute approximate surface area is 108 Å². The van der Waals surface area contributed by atoms with Crippen LogP contribution in [0.25, 0.3) is 0 Å². The highest BCUT2D eigenvalue weighted by Gasteiger charge is 2.22. The molecule has 100 valence electrons. The lowest BCUT2D eigenvalue weighted by Gasteiger charge is -2.37. The average Bonchev–Trinajstić information content (AvgIpc) is 2.38. The number of likely N-dealkylation sites (tertiary alicyclic amines) is 1. The number of hydrogen-bond acceptors (Lipinski definition) is 3. The third kappa shape index (κ3) is 2.82. The van der Waals surface area contributed by atoms with E-state index in [1.54, 1.807) is 6.07 Å². The first-order valence-corrected chi connectivity index (χ1v) is 6.42. The van der Waals surface area contributed by atoms with E-state index in [9.17, 15) is 9.50 Å². The SMILES string of the molecule is CN1CCC(N(C)c2ccc(F)cc2CO)CC1. The Morgan fingerprint density at radius 3 is 2.67 bits per heavy atom. The van der Waals surface area contributed by atoms with Crippen LogP contribution in [0.3, 0.4) is 0 Å². The van der Waals surface area contributed by atoms with Gasteiger partial charge in [-0.2, -0.15) is 0 Å². The second-order valence-corrected chi connectivity index (χ2v) is 5.08. The van der Waals surface area contributed by atoms with Crippen molar-refractivity contribution in [3.05, 3.63) is 29.6 Å². The number of piperidine rings is 1. The first-order chi connectivity index (χ1) is 8.61. The first kappa shape index (κ1) is 13.3. The Kier molecular flexibility index (Phi) is 4.19. The molecule has 3 nitrogen and oxygen atoms in total. The minimum atomic E-state index is -0.292. The molecule has 0 spiro atoms. The van der Waals surface area contributed by atoms with Crippen molar-refractivity contribution in [1.82, 2.24) is 4.90 Å². The Hall–Kier alpha value is -1.13. The van der Waals surface area contributed by atoms with Crippen LogP contribution in [0.2, 0.25) is 0 Å². The van der Waals surface area contributed by atoms with Crippen LogP contribution in [0.15, 0.2) is 18.2 Å². The summed E-state index contributed by atoms with van der Waals surface area (Å²) in [6, 6.07) is 5.11. The quantitative estimate of drug-likeness (QED) is 0.889. The highest BCUT2D eigenvalue weighted by Crippen LogP contribution is 2.26. The molecule has 0 aromatic heterocycles. The van der Waals surface area contributed by atoms with E-state index in [0.717, 1.165) is 31.6 Å². The van der Waals surface area contributed by atoms with Gasteiger partial charge in [-0.3, -0.25) is 0 Å². The molecule has 0 bridgehead atoms. The molecule has 4 heteroatoms. The maximum atomic E-state index is 13.2. The van der Waals surface area contributed by atoms with Crippen molar-refractivity contribution in [2.45, 2.75) is 25.5 Å². The normalized spacial score (nSPS) is 18.0. The summed E-state index contributed by atoms with van der Waals surface area (Å²) in [6.07, 6.45) is 2.21. The Morgan fingerprint density at radius 2 is 2.06 bits per heavy atom. The molecule has 18 heavy (non-hydrogen) atoms. The molecule has 1 aromatic rings. The highest BCUT2D eigenvalue weighted by atomic mass is 19.1. The van der Waals surface area contributed by atoms with Crippen molar-refractivity contribution < 1.29 is 9.50 Å². The van der Waals surface area contributed by atoms with Crippen molar-refractivity contribution in [3.8, 4) is 0 Å². The maximum Gasteiger partial charge on any atom is 0.123 e. The fourth-order valence-electron chi connectivity index (χ4n) is 2.60. The summed E-state index contributed by atoms with van der Waals surface area (Å²) in [6.45, 7) is 2.05. The van der Waals surface area contributed by atoms with Crippen LogP contribution in [0.1, 0.15) is 18.4 Å². The Morgan fingerprint density at radius 1 is 1.39 bits per heavy atom. The van der Waals surface area contributed by atoms with Gasteiger partial charge in [0.25, 0.3) is 0 Å². The second-order valence-electron chi connectivity index (χ2n) is 5.08. The number of hydrogen-bond donors (Lipinski definition) is 1. The fourth-order valence-corrected chi connectivity index (χ4v) is 2.60. The topological polar surface area (TPSA) is 26.7 Å². The third-order valence-corrected chi connectivity index (χ3v) is 3.83. The summed E-state index contributed by atoms with van der Waals surface area (Å²) < 4.78 is 13.2. The average molecular weight is 252 g/mol. The number of anilines is 1. The van der Waals surface area contributed by atoms with Crippen LogP contribution < -0.4 is 4.90 Å². The van der Waals surface area contributed by atoms with Gasteiger partial charge in [0.15, 0.2) is 0 Å². The monoisotopic (exact) mass is 252 g/mol. The molecule has 1 fully saturated rings. The smallest absolute Gasteiger partial charge is 0.123 e. The van der Waals surface area contributed by atoms with E-state index in [1.165, 1.54) is 12.1 Å². The van der Waals surface area contributed by atoms with Crippen LogP contribution in [0, 0.1) is 5.82 Å². The van der Waals surface area contributed by atoms with Crippen molar-refractivity contribution in [3.63, 3.8) is 0 Å². The number of nitrogens with zero attached hydrogens (tertiary/aromatic N) is 2. The molecule has 0 unspecified atom stereocenters. The first-order valence-electron chi connectivity index (χ1n) is 6.42. The minimum absolute atomic E-state index is 0.121. The molecular weight excluding hydrogens is 231 g/mol. The molecule has 1 aliphatic rings. The number of halogens is 1. The van der Waals surface area contributed by atoms with Gasteiger partial charge < -0.3 is 14.9 Å². The van der Waals surface area contributed by atoms with Gasteiger partial charge in [-0.05, 0) is 51.2 Å². The third-order valence-electron chi connectivity index (χ3n) is 3.83. The van der Waals surface area contributed by atoms with E-state index >= 15 is 0 Å². The van der Waals surface area contributed by atoms with E-state index in [-0.39, 0.29) is 12.4 Å². The van der Waals surface area contributed by atoms with Crippen molar-refractivity contribution in [2.24, 2.45) is 0 Å². The summed E-state index contributed by atoms with van der Waals surface area (Å²) in [5.74, 6) is -0.292. The van der Waals surface area contributed by atoms with Crippen LogP contribution in [-0.4, -0.2) is 43.2 Å². The van der Waals surface area contributed by atoms with Gasteiger partial charge in [0.05, 0.1) is 6.61 Å². The predicted octanol–water partition coefficient (Wildman–Crippen LogP) is 1.85. The van der Waals surface area contributed by atoms with E-state index in [4.69, 9.17) is 0 Å². The number of aliphatic hydroxyl groups is 1. The fraction of sp³-hybridized carbons (Fsp3) is 0.571. The number of rotatable bonds is 3. The van der Waals surface area contributed by atoms with Gasteiger partial charge in [0.2, 0.25) is 0 Å². The molecule has 0 atom stereocenters. The van der Waals surface area contributed by atoms with Gasteiger partial charge >= 0.3 is 0 Å². The molecule has 0 aliphatic carbocycles. The molecule has 2 rings (SSSR count). The van der Waals surface area contributed by atoms with Crippen LogP contribution in [0.5, 0.6) is 0 Å². The minimum Gasteiger partial charge on any atom is -0.392 e. The lowest BCUT2D eigenvalue weighted by molar-refractivity contribution is 0.251. The summed E-state index contributed by atoms with van der Waals surface area (Å²) in [5, 5.41) is 9.33. The van der Waals surface area contributed by atoms with E-state index < -0.39 is 0 Å². The van der Waals surface area contributed by atoms with Crippen LogP contribution in [0.4, 0.5) is 10.1 Å². The number of benzene rings is 1. The van der Waals surface area contributed by atoms with E-state index in [1.807, 2.05) is 7.05 Å². The zero-order valence-corrected chi connectivity index (χ0v) is 11.1. The molecule has 1 N–H and O–H groups in total. The zero-order chi connectivity index (χ0) is 13.1. The molecule has 0 radical (unpaired) electrons. The zero-order valence-electron chi connectivity index (χ0n) is 11.1. The van der Waals surface area contributed by atoms with E-state index in [2.05, 4.69) is 16.8 Å². The standard InChI is InChI=1S/C14H21FN2O/c1-16-7-5-13(6-8-16)17(2)14-4-3-12(15)9-11(14)10-18/h3-4,9,13,18H,5-8,10H2,1-2H3. The highest BCUT2D eigenvalue weighted by molar-refractivity contribution is 5.53. The Bertz CT molecular complexity index is 403. The molecular formula is C14H21FN2O. The molecule has 0 saturated carbocycles. The summed E-state index contributed by atoms with van der Waals surface area (Å²) in [5.41, 5.74) is 1.60. The molecule has 1 aliphatic heterocycles. The summed E-state index contributed by atoms with van der Waals surface area (Å²) in [7, 11) is 4.16. The second kappa shape index (κ2) is 5.67. The molecule has 0 amide bonds. The molecule has 1 aromatic carbocycles. The van der Waals surface area contributed by atoms with Crippen molar-refractivity contribution in [2.75, 3.05) is 32.1 Å². The van der Waals surface area contributed by atoms with Gasteiger partial charge in [0.1, 0.15) is 5.82 Å². The van der Waals surface area contributed by atoms with Crippen molar-refractivity contribution in [1.29, 1.82) is 0 Å². The maximum absolute atomic E-state index is 13.2. The summed E-state index contributed by atoms with van der Waals surface area (Å²) in [4.78, 5) is 4.50. The molecule has 1 heterocycles. The summed E-state index contributed by atoms with van der Waals surface area (Å²) >= 11 is 0. The van der Waals surface area contributed by atoms with Gasteiger partial charge in [-0.15, -0.1) is 0 Å². The van der Waals surface area contributed by atoms with E-state index in [0.29, 0.717) is 11.6 Å².